The third-order valence-corrected chi connectivity index (χ3v) is 2.23. The Bertz CT molecular complexity index is 190. The Morgan fingerprint density at radius 1 is 1.64 bits per heavy atom. The van der Waals surface area contributed by atoms with E-state index in [0.29, 0.717) is 6.61 Å². The first-order chi connectivity index (χ1) is 5.33. The van der Waals surface area contributed by atoms with Gasteiger partial charge in [-0.05, 0) is 15.9 Å². The number of aromatic nitrogens is 1. The molecule has 0 N–H and O–H groups in total. The minimum Gasteiger partial charge on any atom is -0.378 e. The fourth-order valence-corrected chi connectivity index (χ4v) is 1.53. The van der Waals surface area contributed by atoms with E-state index in [1.54, 1.807) is 18.4 Å². The molecule has 1 rings (SSSR count). The molecular weight excluding hydrogens is 226 g/mol. The van der Waals surface area contributed by atoms with E-state index in [4.69, 9.17) is 4.74 Å². The van der Waals surface area contributed by atoms with Crippen LogP contribution in [-0.4, -0.2) is 12.1 Å². The summed E-state index contributed by atoms with van der Waals surface area (Å²) in [4.78, 5) is 4.11. The Morgan fingerprint density at radius 2 is 2.27 bits per heavy atom. The maximum atomic E-state index is 4.86. The summed E-state index contributed by atoms with van der Waals surface area (Å²) in [7, 11) is 1.66. The highest BCUT2D eigenvalue weighted by molar-refractivity contribution is 9.11. The average molecular weight is 238 g/mol. The summed E-state index contributed by atoms with van der Waals surface area (Å²) in [6.45, 7) is 4.60. The number of methoxy groups -OCH3 is 1. The van der Waals surface area contributed by atoms with Crippen LogP contribution in [0.2, 0.25) is 0 Å². The van der Waals surface area contributed by atoms with E-state index in [1.165, 1.54) is 0 Å². The topological polar surface area (TPSA) is 22.1 Å². The van der Waals surface area contributed by atoms with Crippen LogP contribution in [0.5, 0.6) is 0 Å². The summed E-state index contributed by atoms with van der Waals surface area (Å²) in [5.74, 6) is 0. The highest BCUT2D eigenvalue weighted by atomic mass is 79.9. The van der Waals surface area contributed by atoms with Crippen LogP contribution in [0, 0.1) is 0 Å². The van der Waals surface area contributed by atoms with Gasteiger partial charge in [-0.2, -0.15) is 0 Å². The second-order valence-corrected chi connectivity index (χ2v) is 3.66. The molecule has 0 saturated heterocycles. The second kappa shape index (κ2) is 6.76. The third-order valence-electron chi connectivity index (χ3n) is 0.816. The first-order valence-corrected chi connectivity index (χ1v) is 5.09. The van der Waals surface area contributed by atoms with Crippen LogP contribution < -0.4 is 0 Å². The van der Waals surface area contributed by atoms with Gasteiger partial charge in [0, 0.05) is 12.5 Å². The van der Waals surface area contributed by atoms with E-state index in [-0.39, 0.29) is 0 Å². The molecule has 0 atom stereocenters. The molecule has 0 radical (unpaired) electrons. The molecule has 0 fully saturated rings. The molecule has 0 amide bonds. The molecule has 0 saturated carbocycles. The van der Waals surface area contributed by atoms with Crippen molar-refractivity contribution in [3.05, 3.63) is 15.0 Å². The van der Waals surface area contributed by atoms with Crippen LogP contribution in [-0.2, 0) is 11.3 Å². The molecule has 0 aromatic carbocycles. The second-order valence-electron chi connectivity index (χ2n) is 1.52. The average Bonchev–Trinajstić information content (AvgIpc) is 2.41. The van der Waals surface area contributed by atoms with Gasteiger partial charge < -0.3 is 4.74 Å². The van der Waals surface area contributed by atoms with E-state index in [9.17, 15) is 0 Å². The Labute approximate surface area is 79.7 Å². The smallest absolute Gasteiger partial charge is 0.159 e. The molecule has 0 aliphatic rings. The lowest BCUT2D eigenvalue weighted by molar-refractivity contribution is 0.182. The Balaban J connectivity index is 0.000000461. The molecule has 0 unspecified atom stereocenters. The quantitative estimate of drug-likeness (QED) is 0.789. The summed E-state index contributed by atoms with van der Waals surface area (Å²) < 4.78 is 5.78. The van der Waals surface area contributed by atoms with Crippen LogP contribution >= 0.6 is 27.3 Å². The molecule has 2 nitrogen and oxygen atoms in total. The van der Waals surface area contributed by atoms with Crippen molar-refractivity contribution in [3.8, 4) is 0 Å². The van der Waals surface area contributed by atoms with Gasteiger partial charge in [-0.1, -0.05) is 13.8 Å². The number of ether oxygens (including phenoxy) is 1. The van der Waals surface area contributed by atoms with Crippen molar-refractivity contribution in [2.24, 2.45) is 0 Å². The summed E-state index contributed by atoms with van der Waals surface area (Å²) in [5, 5.41) is 1.97. The van der Waals surface area contributed by atoms with Crippen LogP contribution in [0.4, 0.5) is 0 Å². The predicted molar refractivity (Wildman–Crippen MR) is 51.9 cm³/mol. The van der Waals surface area contributed by atoms with Crippen LogP contribution in [0.3, 0.4) is 0 Å². The van der Waals surface area contributed by atoms with Gasteiger partial charge in [0.25, 0.3) is 0 Å². The van der Waals surface area contributed by atoms with Crippen molar-refractivity contribution < 1.29 is 4.74 Å². The first kappa shape index (κ1) is 11.1. The highest BCUT2D eigenvalue weighted by Crippen LogP contribution is 2.15. The van der Waals surface area contributed by atoms with Crippen LogP contribution in [0.25, 0.3) is 0 Å². The van der Waals surface area contributed by atoms with Crippen molar-refractivity contribution in [1.82, 2.24) is 4.98 Å². The van der Waals surface area contributed by atoms with E-state index in [0.717, 1.165) is 9.61 Å². The fourth-order valence-electron chi connectivity index (χ4n) is 0.496. The Hall–Kier alpha value is 0.0700. The van der Waals surface area contributed by atoms with E-state index in [1.807, 2.05) is 19.2 Å². The molecule has 0 aliphatic carbocycles. The number of rotatable bonds is 2. The van der Waals surface area contributed by atoms with E-state index >= 15 is 0 Å². The molecule has 0 aliphatic heterocycles. The zero-order valence-corrected chi connectivity index (χ0v) is 9.33. The summed E-state index contributed by atoms with van der Waals surface area (Å²) in [5.41, 5.74) is 0.981. The van der Waals surface area contributed by atoms with Gasteiger partial charge in [0.15, 0.2) is 3.92 Å². The summed E-state index contributed by atoms with van der Waals surface area (Å²) in [6.07, 6.45) is 0. The first-order valence-electron chi connectivity index (χ1n) is 3.42. The zero-order valence-electron chi connectivity index (χ0n) is 6.93. The number of nitrogens with zero attached hydrogens (tertiary/aromatic N) is 1. The Kier molecular flexibility index (Phi) is 6.80. The maximum absolute atomic E-state index is 4.86. The fraction of sp³-hybridized carbons (Fsp3) is 0.571. The molecule has 1 heterocycles. The molecule has 1 aromatic rings. The molecule has 11 heavy (non-hydrogen) atoms. The zero-order chi connectivity index (χ0) is 8.69. The van der Waals surface area contributed by atoms with Crippen molar-refractivity contribution >= 4 is 27.3 Å². The van der Waals surface area contributed by atoms with Crippen molar-refractivity contribution in [2.45, 2.75) is 20.5 Å². The van der Waals surface area contributed by atoms with Gasteiger partial charge in [0.1, 0.15) is 0 Å². The van der Waals surface area contributed by atoms with Crippen molar-refractivity contribution in [2.75, 3.05) is 7.11 Å². The number of thiazole rings is 1. The molecular formula is C7H12BrNOS. The highest BCUT2D eigenvalue weighted by Gasteiger charge is 1.95. The normalized spacial score (nSPS) is 8.73. The molecule has 4 heteroatoms. The standard InChI is InChI=1S/C5H6BrNOS.C2H6/c1-8-2-4-3-9-5(6)7-4;1-2/h3H,2H2,1H3;1-2H3. The van der Waals surface area contributed by atoms with Gasteiger partial charge in [0.05, 0.1) is 12.3 Å². The monoisotopic (exact) mass is 237 g/mol. The third kappa shape index (κ3) is 4.50. The van der Waals surface area contributed by atoms with Gasteiger partial charge >= 0.3 is 0 Å². The SMILES string of the molecule is CC.COCc1csc(Br)n1. The largest absolute Gasteiger partial charge is 0.378 e. The van der Waals surface area contributed by atoms with Gasteiger partial charge in [0.2, 0.25) is 0 Å². The lowest BCUT2D eigenvalue weighted by atomic mass is 10.5. The lowest BCUT2D eigenvalue weighted by Gasteiger charge is -1.88. The molecule has 0 spiro atoms. The maximum Gasteiger partial charge on any atom is 0.159 e. The predicted octanol–water partition coefficient (Wildman–Crippen LogP) is 3.08. The minimum atomic E-state index is 0.599. The number of hydrogen-bond donors (Lipinski definition) is 0. The number of halogens is 1. The van der Waals surface area contributed by atoms with Crippen LogP contribution in [0.15, 0.2) is 9.30 Å². The Morgan fingerprint density at radius 3 is 2.64 bits per heavy atom. The van der Waals surface area contributed by atoms with E-state index < -0.39 is 0 Å². The summed E-state index contributed by atoms with van der Waals surface area (Å²) >= 11 is 4.82. The van der Waals surface area contributed by atoms with Crippen LogP contribution in [0.1, 0.15) is 19.5 Å². The van der Waals surface area contributed by atoms with E-state index in [2.05, 4.69) is 20.9 Å². The van der Waals surface area contributed by atoms with Crippen molar-refractivity contribution in [1.29, 1.82) is 0 Å². The molecule has 0 bridgehead atoms. The minimum absolute atomic E-state index is 0.599. The summed E-state index contributed by atoms with van der Waals surface area (Å²) in [6, 6.07) is 0. The lowest BCUT2D eigenvalue weighted by Crippen LogP contribution is -1.85. The van der Waals surface area contributed by atoms with Gasteiger partial charge in [-0.15, -0.1) is 11.3 Å². The number of hydrogen-bond acceptors (Lipinski definition) is 3. The van der Waals surface area contributed by atoms with Crippen molar-refractivity contribution in [3.63, 3.8) is 0 Å². The molecule has 1 aromatic heterocycles. The molecule has 64 valence electrons. The van der Waals surface area contributed by atoms with Gasteiger partial charge in [-0.25, -0.2) is 4.98 Å². The van der Waals surface area contributed by atoms with Gasteiger partial charge in [-0.3, -0.25) is 0 Å².